The van der Waals surface area contributed by atoms with Gasteiger partial charge < -0.3 is 24.6 Å². The lowest BCUT2D eigenvalue weighted by Crippen LogP contribution is -2.38. The maximum atomic E-state index is 11.6. The van der Waals surface area contributed by atoms with Crippen molar-refractivity contribution in [3.8, 4) is 17.2 Å². The van der Waals surface area contributed by atoms with Crippen LogP contribution in [0.3, 0.4) is 0 Å². The zero-order valence-corrected chi connectivity index (χ0v) is 16.4. The Balaban J connectivity index is 2.15. The number of halogens is 1. The second-order valence-corrected chi connectivity index (χ2v) is 6.30. The monoisotopic (exact) mass is 393 g/mol. The molecule has 2 aromatic rings. The highest BCUT2D eigenvalue weighted by Crippen LogP contribution is 2.38. The molecule has 0 aliphatic heterocycles. The van der Waals surface area contributed by atoms with Gasteiger partial charge in [-0.15, -0.1) is 0 Å². The topological polar surface area (TPSA) is 77.0 Å². The fourth-order valence-corrected chi connectivity index (χ4v) is 2.92. The molecule has 0 aromatic heterocycles. The third kappa shape index (κ3) is 5.77. The maximum Gasteiger partial charge on any atom is 0.321 e. The van der Waals surface area contributed by atoms with Crippen LogP contribution in [-0.4, -0.2) is 37.9 Å². The van der Waals surface area contributed by atoms with E-state index >= 15 is 0 Å². The Bertz CT molecular complexity index is 756. The van der Waals surface area contributed by atoms with E-state index in [2.05, 4.69) is 5.32 Å². The van der Waals surface area contributed by atoms with Crippen molar-refractivity contribution in [3.05, 3.63) is 52.5 Å². The molecule has 2 rings (SSSR count). The van der Waals surface area contributed by atoms with Gasteiger partial charge in [-0.25, -0.2) is 0 Å². The van der Waals surface area contributed by atoms with E-state index in [1.807, 2.05) is 13.0 Å². The van der Waals surface area contributed by atoms with Crippen molar-refractivity contribution >= 4 is 17.6 Å². The zero-order valence-electron chi connectivity index (χ0n) is 15.6. The first-order valence-corrected chi connectivity index (χ1v) is 8.94. The highest BCUT2D eigenvalue weighted by Gasteiger charge is 2.19. The van der Waals surface area contributed by atoms with E-state index in [0.717, 1.165) is 11.1 Å². The molecular formula is C20H24ClNO5. The van der Waals surface area contributed by atoms with E-state index in [4.69, 9.17) is 25.8 Å². The number of hydrogen-bond acceptors (Lipinski definition) is 5. The minimum atomic E-state index is -0.931. The van der Waals surface area contributed by atoms with Gasteiger partial charge >= 0.3 is 5.97 Å². The zero-order chi connectivity index (χ0) is 19.8. The fourth-order valence-electron chi connectivity index (χ4n) is 2.71. The molecule has 0 saturated heterocycles. The van der Waals surface area contributed by atoms with Crippen LogP contribution in [0.25, 0.3) is 0 Å². The minimum absolute atomic E-state index is 0.321. The number of aliphatic carboxylic acids is 1. The van der Waals surface area contributed by atoms with Gasteiger partial charge in [0.1, 0.15) is 6.04 Å². The number of benzene rings is 2. The Morgan fingerprint density at radius 3 is 2.33 bits per heavy atom. The minimum Gasteiger partial charge on any atom is -0.493 e. The van der Waals surface area contributed by atoms with Crippen molar-refractivity contribution in [1.82, 2.24) is 5.32 Å². The van der Waals surface area contributed by atoms with Crippen molar-refractivity contribution in [2.24, 2.45) is 0 Å². The van der Waals surface area contributed by atoms with Crippen molar-refractivity contribution in [3.63, 3.8) is 0 Å². The lowest BCUT2D eigenvalue weighted by molar-refractivity contribution is -0.139. The van der Waals surface area contributed by atoms with E-state index in [0.29, 0.717) is 41.8 Å². The number of rotatable bonds is 10. The molecule has 0 spiro atoms. The van der Waals surface area contributed by atoms with Gasteiger partial charge in [-0.3, -0.25) is 4.79 Å². The Morgan fingerprint density at radius 2 is 1.81 bits per heavy atom. The summed E-state index contributed by atoms with van der Waals surface area (Å²) in [5.41, 5.74) is 1.67. The number of ether oxygens (including phenoxy) is 3. The van der Waals surface area contributed by atoms with Crippen LogP contribution in [0.2, 0.25) is 5.02 Å². The first-order chi connectivity index (χ1) is 13.0. The molecule has 0 fully saturated rings. The van der Waals surface area contributed by atoms with Crippen LogP contribution in [0.5, 0.6) is 17.2 Å². The van der Waals surface area contributed by atoms with Crippen LogP contribution >= 0.6 is 11.6 Å². The summed E-state index contributed by atoms with van der Waals surface area (Å²) in [6.07, 6.45) is 0.321. The highest BCUT2D eigenvalue weighted by molar-refractivity contribution is 6.30. The van der Waals surface area contributed by atoms with Crippen LogP contribution in [-0.2, 0) is 17.8 Å². The summed E-state index contributed by atoms with van der Waals surface area (Å²) in [5.74, 6) is 0.671. The van der Waals surface area contributed by atoms with Gasteiger partial charge in [-0.05, 0) is 48.7 Å². The van der Waals surface area contributed by atoms with E-state index in [9.17, 15) is 9.90 Å². The molecule has 0 aliphatic rings. The predicted molar refractivity (Wildman–Crippen MR) is 104 cm³/mol. The molecule has 0 aliphatic carbocycles. The van der Waals surface area contributed by atoms with Crippen molar-refractivity contribution in [2.45, 2.75) is 25.9 Å². The smallest absolute Gasteiger partial charge is 0.321 e. The third-order valence-corrected chi connectivity index (χ3v) is 4.22. The molecule has 0 saturated carbocycles. The summed E-state index contributed by atoms with van der Waals surface area (Å²) < 4.78 is 16.3. The lowest BCUT2D eigenvalue weighted by atomic mass is 10.1. The van der Waals surface area contributed by atoms with Crippen LogP contribution < -0.4 is 19.5 Å². The van der Waals surface area contributed by atoms with Crippen molar-refractivity contribution in [2.75, 3.05) is 20.8 Å². The summed E-state index contributed by atoms with van der Waals surface area (Å²) in [6, 6.07) is 10.0. The quantitative estimate of drug-likeness (QED) is 0.643. The van der Waals surface area contributed by atoms with E-state index in [1.165, 1.54) is 0 Å². The van der Waals surface area contributed by atoms with Crippen LogP contribution in [0.15, 0.2) is 36.4 Å². The number of carboxylic acid groups (broad SMARTS) is 1. The predicted octanol–water partition coefficient (Wildman–Crippen LogP) is 3.54. The molecule has 0 radical (unpaired) electrons. The molecule has 7 heteroatoms. The number of carboxylic acids is 1. The van der Waals surface area contributed by atoms with Gasteiger partial charge in [0.2, 0.25) is 5.75 Å². The number of hydrogen-bond donors (Lipinski definition) is 2. The first kappa shape index (κ1) is 20.9. The molecule has 6 nitrogen and oxygen atoms in total. The summed E-state index contributed by atoms with van der Waals surface area (Å²) in [6.45, 7) is 2.68. The van der Waals surface area contributed by atoms with Gasteiger partial charge in [0, 0.05) is 11.6 Å². The third-order valence-electron chi connectivity index (χ3n) is 3.99. The molecule has 27 heavy (non-hydrogen) atoms. The number of nitrogens with one attached hydrogen (secondary N) is 1. The van der Waals surface area contributed by atoms with Crippen molar-refractivity contribution in [1.29, 1.82) is 0 Å². The number of methoxy groups -OCH3 is 2. The van der Waals surface area contributed by atoms with Crippen molar-refractivity contribution < 1.29 is 24.1 Å². The molecule has 0 amide bonds. The highest BCUT2D eigenvalue weighted by atomic mass is 35.5. The van der Waals surface area contributed by atoms with E-state index in [1.54, 1.807) is 44.6 Å². The summed E-state index contributed by atoms with van der Waals surface area (Å²) in [7, 11) is 3.10. The molecule has 1 atom stereocenters. The van der Waals surface area contributed by atoms with Gasteiger partial charge in [-0.1, -0.05) is 23.7 Å². The standard InChI is InChI=1S/C20H24ClNO5/c1-4-27-19-17(25-2)10-14(11-18(19)26-3)12-22-16(20(23)24)9-13-6-5-7-15(21)8-13/h5-8,10-11,16,22H,4,9,12H2,1-3H3,(H,23,24). The summed E-state index contributed by atoms with van der Waals surface area (Å²) in [4.78, 5) is 11.6. The molecule has 2 aromatic carbocycles. The molecule has 0 heterocycles. The van der Waals surface area contributed by atoms with E-state index in [-0.39, 0.29) is 0 Å². The molecule has 0 bridgehead atoms. The second-order valence-electron chi connectivity index (χ2n) is 5.87. The fraction of sp³-hybridized carbons (Fsp3) is 0.350. The Hall–Kier alpha value is -2.44. The van der Waals surface area contributed by atoms with Crippen LogP contribution in [0, 0.1) is 0 Å². The Kier molecular flexibility index (Phi) is 7.76. The Morgan fingerprint density at radius 1 is 1.15 bits per heavy atom. The second kappa shape index (κ2) is 10.0. The molecule has 2 N–H and O–H groups in total. The van der Waals surface area contributed by atoms with Crippen LogP contribution in [0.1, 0.15) is 18.1 Å². The summed E-state index contributed by atoms with van der Waals surface area (Å²) in [5, 5.41) is 13.2. The molecule has 146 valence electrons. The summed E-state index contributed by atoms with van der Waals surface area (Å²) >= 11 is 5.98. The Labute approximate surface area is 164 Å². The largest absolute Gasteiger partial charge is 0.493 e. The van der Waals surface area contributed by atoms with Gasteiger partial charge in [0.05, 0.1) is 20.8 Å². The maximum absolute atomic E-state index is 11.6. The first-order valence-electron chi connectivity index (χ1n) is 8.56. The van der Waals surface area contributed by atoms with E-state index < -0.39 is 12.0 Å². The van der Waals surface area contributed by atoms with Gasteiger partial charge in [0.15, 0.2) is 11.5 Å². The molecule has 1 unspecified atom stereocenters. The van der Waals surface area contributed by atoms with Crippen LogP contribution in [0.4, 0.5) is 0 Å². The average Bonchev–Trinajstić information content (AvgIpc) is 2.65. The van der Waals surface area contributed by atoms with Gasteiger partial charge in [-0.2, -0.15) is 0 Å². The normalized spacial score (nSPS) is 11.7. The molecular weight excluding hydrogens is 370 g/mol. The van der Waals surface area contributed by atoms with Gasteiger partial charge in [0.25, 0.3) is 0 Å². The average molecular weight is 394 g/mol. The lowest BCUT2D eigenvalue weighted by Gasteiger charge is -2.18. The number of carbonyl (C=O) groups is 1. The SMILES string of the molecule is CCOc1c(OC)cc(CNC(Cc2cccc(Cl)c2)C(=O)O)cc1OC.